The molecule has 2 aromatic carbocycles. The summed E-state index contributed by atoms with van der Waals surface area (Å²) in [7, 11) is 3.92. The highest BCUT2D eigenvalue weighted by Gasteiger charge is 2.14. The zero-order chi connectivity index (χ0) is 18.4. The average Bonchev–Trinajstić information content (AvgIpc) is 2.67. The third-order valence-corrected chi connectivity index (χ3v) is 4.60. The highest BCUT2D eigenvalue weighted by atomic mass is 16.1. The minimum Gasteiger partial charge on any atom is -0.378 e. The predicted octanol–water partition coefficient (Wildman–Crippen LogP) is 2.54. The number of rotatable bonds is 4. The number of hydrogen-bond acceptors (Lipinski definition) is 3. The summed E-state index contributed by atoms with van der Waals surface area (Å²) < 4.78 is 0. The zero-order valence-corrected chi connectivity index (χ0v) is 15.5. The lowest BCUT2D eigenvalue weighted by molar-refractivity contribution is 0.0958. The summed E-state index contributed by atoms with van der Waals surface area (Å²) in [6.45, 7) is 3.10. The van der Waals surface area contributed by atoms with Crippen LogP contribution in [0.5, 0.6) is 0 Å². The molecule has 4 nitrogen and oxygen atoms in total. The van der Waals surface area contributed by atoms with Gasteiger partial charge in [-0.05, 0) is 35.7 Å². The van der Waals surface area contributed by atoms with Crippen LogP contribution in [0.2, 0.25) is 0 Å². The van der Waals surface area contributed by atoms with Crippen LogP contribution in [0.4, 0.5) is 5.69 Å². The first-order valence-electron chi connectivity index (χ1n) is 8.94. The Morgan fingerprint density at radius 3 is 2.73 bits per heavy atom. The SMILES string of the molecule is CN(C)c1cccc(C(=O)NCC#CCN2CCc3ccccc3C2)c1. The van der Waals surface area contributed by atoms with Crippen molar-refractivity contribution in [2.75, 3.05) is 38.6 Å². The molecule has 0 saturated heterocycles. The largest absolute Gasteiger partial charge is 0.378 e. The van der Waals surface area contributed by atoms with Crippen molar-refractivity contribution in [3.05, 3.63) is 65.2 Å². The molecule has 0 fully saturated rings. The van der Waals surface area contributed by atoms with Crippen molar-refractivity contribution in [1.29, 1.82) is 0 Å². The molecule has 0 unspecified atom stereocenters. The molecule has 1 amide bonds. The Kier molecular flexibility index (Phi) is 5.93. The van der Waals surface area contributed by atoms with Gasteiger partial charge in [0.05, 0.1) is 13.1 Å². The molecule has 0 spiro atoms. The van der Waals surface area contributed by atoms with Gasteiger partial charge in [-0.2, -0.15) is 0 Å². The highest BCUT2D eigenvalue weighted by molar-refractivity contribution is 5.95. The van der Waals surface area contributed by atoms with Gasteiger partial charge in [-0.3, -0.25) is 9.69 Å². The van der Waals surface area contributed by atoms with Gasteiger partial charge in [-0.1, -0.05) is 42.2 Å². The second-order valence-corrected chi connectivity index (χ2v) is 6.71. The van der Waals surface area contributed by atoms with Crippen molar-refractivity contribution < 1.29 is 4.79 Å². The summed E-state index contributed by atoms with van der Waals surface area (Å²) in [6.07, 6.45) is 1.08. The molecule has 26 heavy (non-hydrogen) atoms. The minimum atomic E-state index is -0.0881. The molecule has 3 rings (SSSR count). The van der Waals surface area contributed by atoms with E-state index in [0.717, 1.165) is 31.7 Å². The first-order valence-corrected chi connectivity index (χ1v) is 8.94. The first kappa shape index (κ1) is 18.0. The molecular formula is C22H25N3O. The van der Waals surface area contributed by atoms with Crippen molar-refractivity contribution >= 4 is 11.6 Å². The fourth-order valence-corrected chi connectivity index (χ4v) is 3.07. The highest BCUT2D eigenvalue weighted by Crippen LogP contribution is 2.17. The maximum Gasteiger partial charge on any atom is 0.252 e. The van der Waals surface area contributed by atoms with E-state index in [1.807, 2.05) is 43.3 Å². The Bertz CT molecular complexity index is 833. The molecule has 0 radical (unpaired) electrons. The van der Waals surface area contributed by atoms with Gasteiger partial charge in [0.1, 0.15) is 0 Å². The van der Waals surface area contributed by atoms with Crippen LogP contribution in [-0.4, -0.2) is 44.5 Å². The molecule has 0 aromatic heterocycles. The maximum atomic E-state index is 12.2. The van der Waals surface area contributed by atoms with Crippen LogP contribution in [0.1, 0.15) is 21.5 Å². The summed E-state index contributed by atoms with van der Waals surface area (Å²) in [5.41, 5.74) is 4.51. The second kappa shape index (κ2) is 8.55. The summed E-state index contributed by atoms with van der Waals surface area (Å²) in [5, 5.41) is 2.87. The molecule has 1 aliphatic rings. The van der Waals surface area contributed by atoms with E-state index >= 15 is 0 Å². The Labute approximate surface area is 155 Å². The van der Waals surface area contributed by atoms with E-state index < -0.39 is 0 Å². The predicted molar refractivity (Wildman–Crippen MR) is 106 cm³/mol. The van der Waals surface area contributed by atoms with Crippen molar-refractivity contribution in [3.63, 3.8) is 0 Å². The van der Waals surface area contributed by atoms with Crippen molar-refractivity contribution in [3.8, 4) is 11.8 Å². The fraction of sp³-hybridized carbons (Fsp3) is 0.318. The number of carbonyl (C=O) groups excluding carboxylic acids is 1. The maximum absolute atomic E-state index is 12.2. The summed E-state index contributed by atoms with van der Waals surface area (Å²) in [4.78, 5) is 16.5. The van der Waals surface area contributed by atoms with E-state index in [-0.39, 0.29) is 5.91 Å². The smallest absolute Gasteiger partial charge is 0.252 e. The number of amides is 1. The van der Waals surface area contributed by atoms with E-state index in [0.29, 0.717) is 12.1 Å². The van der Waals surface area contributed by atoms with Crippen molar-refractivity contribution in [2.45, 2.75) is 13.0 Å². The molecule has 4 heteroatoms. The summed E-state index contributed by atoms with van der Waals surface area (Å²) in [5.74, 6) is 6.15. The van der Waals surface area contributed by atoms with Crippen LogP contribution in [-0.2, 0) is 13.0 Å². The molecule has 0 saturated carbocycles. The number of benzene rings is 2. The van der Waals surface area contributed by atoms with Gasteiger partial charge in [-0.25, -0.2) is 0 Å². The van der Waals surface area contributed by atoms with Gasteiger partial charge in [0.2, 0.25) is 0 Å². The van der Waals surface area contributed by atoms with Gasteiger partial charge in [0.25, 0.3) is 5.91 Å². The Morgan fingerprint density at radius 2 is 1.92 bits per heavy atom. The molecule has 1 aliphatic heterocycles. The normalized spacial score (nSPS) is 13.3. The number of carbonyl (C=O) groups is 1. The Morgan fingerprint density at radius 1 is 1.12 bits per heavy atom. The van der Waals surface area contributed by atoms with Gasteiger partial charge in [0, 0.05) is 38.4 Å². The molecule has 1 N–H and O–H groups in total. The van der Waals surface area contributed by atoms with E-state index in [4.69, 9.17) is 0 Å². The van der Waals surface area contributed by atoms with Crippen LogP contribution in [0, 0.1) is 11.8 Å². The van der Waals surface area contributed by atoms with Crippen LogP contribution < -0.4 is 10.2 Å². The number of nitrogens with zero attached hydrogens (tertiary/aromatic N) is 2. The van der Waals surface area contributed by atoms with E-state index in [1.165, 1.54) is 11.1 Å². The number of fused-ring (bicyclic) bond motifs is 1. The van der Waals surface area contributed by atoms with Crippen molar-refractivity contribution in [2.24, 2.45) is 0 Å². The topological polar surface area (TPSA) is 35.6 Å². The van der Waals surface area contributed by atoms with Crippen LogP contribution in [0.15, 0.2) is 48.5 Å². The third kappa shape index (κ3) is 4.65. The average molecular weight is 347 g/mol. The molecule has 1 heterocycles. The summed E-state index contributed by atoms with van der Waals surface area (Å²) >= 11 is 0. The van der Waals surface area contributed by atoms with Crippen LogP contribution in [0.25, 0.3) is 0 Å². The van der Waals surface area contributed by atoms with Crippen molar-refractivity contribution in [1.82, 2.24) is 10.2 Å². The van der Waals surface area contributed by atoms with Gasteiger partial charge in [-0.15, -0.1) is 0 Å². The lowest BCUT2D eigenvalue weighted by atomic mass is 10.0. The summed E-state index contributed by atoms with van der Waals surface area (Å²) in [6, 6.07) is 16.2. The Balaban J connectivity index is 1.46. The van der Waals surface area contributed by atoms with E-state index in [9.17, 15) is 4.79 Å². The number of hydrogen-bond donors (Lipinski definition) is 1. The molecule has 134 valence electrons. The number of nitrogens with one attached hydrogen (secondary N) is 1. The fourth-order valence-electron chi connectivity index (χ4n) is 3.07. The van der Waals surface area contributed by atoms with Crippen LogP contribution in [0.3, 0.4) is 0 Å². The number of anilines is 1. The molecule has 0 aliphatic carbocycles. The standard InChI is InChI=1S/C22H25N3O/c1-24(2)21-11-7-10-19(16-21)22(26)23-13-5-6-14-25-15-12-18-8-3-4-9-20(18)17-25/h3-4,7-11,16H,12-15,17H2,1-2H3,(H,23,26). The molecular weight excluding hydrogens is 322 g/mol. The third-order valence-electron chi connectivity index (χ3n) is 4.60. The zero-order valence-electron chi connectivity index (χ0n) is 15.5. The lowest BCUT2D eigenvalue weighted by Gasteiger charge is -2.26. The lowest BCUT2D eigenvalue weighted by Crippen LogP contribution is -2.31. The monoisotopic (exact) mass is 347 g/mol. The Hall–Kier alpha value is -2.77. The quantitative estimate of drug-likeness (QED) is 0.864. The van der Waals surface area contributed by atoms with Gasteiger partial charge < -0.3 is 10.2 Å². The van der Waals surface area contributed by atoms with Gasteiger partial charge >= 0.3 is 0 Å². The molecule has 0 bridgehead atoms. The van der Waals surface area contributed by atoms with E-state index in [1.54, 1.807) is 0 Å². The molecule has 2 aromatic rings. The van der Waals surface area contributed by atoms with Crippen LogP contribution >= 0.6 is 0 Å². The molecule has 0 atom stereocenters. The van der Waals surface area contributed by atoms with Gasteiger partial charge in [0.15, 0.2) is 0 Å². The second-order valence-electron chi connectivity index (χ2n) is 6.71. The first-order chi connectivity index (χ1) is 12.6. The minimum absolute atomic E-state index is 0.0881. The van der Waals surface area contributed by atoms with E-state index in [2.05, 4.69) is 46.3 Å².